The Labute approximate surface area is 185 Å². The molecule has 3 heterocycles. The van der Waals surface area contributed by atoms with Gasteiger partial charge in [-0.3, -0.25) is 14.5 Å². The summed E-state index contributed by atoms with van der Waals surface area (Å²) in [7, 11) is 0. The minimum Gasteiger partial charge on any atom is -0.337 e. The molecule has 3 aromatic heterocycles. The van der Waals surface area contributed by atoms with Crippen LogP contribution in [-0.4, -0.2) is 53.7 Å². The fraction of sp³-hybridized carbons (Fsp3) is 0.227. The summed E-state index contributed by atoms with van der Waals surface area (Å²) < 4.78 is 1.81. The average Bonchev–Trinajstić information content (AvgIpc) is 3.47. The van der Waals surface area contributed by atoms with E-state index in [1.54, 1.807) is 35.8 Å². The molecule has 0 N–H and O–H groups in total. The molecule has 0 spiro atoms. The molecule has 0 aliphatic rings. The number of carbonyl (C=O) groups excluding carboxylic acids is 1. The van der Waals surface area contributed by atoms with E-state index in [-0.39, 0.29) is 5.91 Å². The van der Waals surface area contributed by atoms with Gasteiger partial charge in [-0.2, -0.15) is 20.1 Å². The van der Waals surface area contributed by atoms with Crippen LogP contribution in [0.4, 0.5) is 0 Å². The van der Waals surface area contributed by atoms with Gasteiger partial charge in [0.15, 0.2) is 0 Å². The van der Waals surface area contributed by atoms with Crippen LogP contribution in [0.5, 0.6) is 0 Å². The van der Waals surface area contributed by atoms with E-state index in [0.29, 0.717) is 35.9 Å². The molecule has 0 radical (unpaired) electrons. The van der Waals surface area contributed by atoms with Gasteiger partial charge in [0.05, 0.1) is 47.1 Å². The lowest BCUT2D eigenvalue weighted by Crippen LogP contribution is -2.34. The Morgan fingerprint density at radius 2 is 1.90 bits per heavy atom. The van der Waals surface area contributed by atoms with Crippen molar-refractivity contribution in [1.29, 1.82) is 0 Å². The summed E-state index contributed by atoms with van der Waals surface area (Å²) in [6, 6.07) is 9.35. The lowest BCUT2D eigenvalue weighted by atomic mass is 10.1. The molecule has 31 heavy (non-hydrogen) atoms. The molecule has 0 aliphatic heterocycles. The number of pyridine rings is 1. The van der Waals surface area contributed by atoms with Crippen LogP contribution in [0.3, 0.4) is 0 Å². The monoisotopic (exact) mass is 435 g/mol. The third-order valence-corrected chi connectivity index (χ3v) is 5.16. The van der Waals surface area contributed by atoms with Crippen LogP contribution in [-0.2, 0) is 6.54 Å². The maximum atomic E-state index is 13.3. The van der Waals surface area contributed by atoms with Crippen LogP contribution in [0.15, 0.2) is 61.3 Å². The molecule has 1 amide bonds. The van der Waals surface area contributed by atoms with E-state index in [2.05, 4.69) is 20.3 Å². The summed E-state index contributed by atoms with van der Waals surface area (Å²) in [4.78, 5) is 20.9. The number of hydrogen-bond donors (Lipinski definition) is 0. The molecule has 0 saturated carbocycles. The van der Waals surface area contributed by atoms with E-state index in [4.69, 9.17) is 11.6 Å². The summed E-state index contributed by atoms with van der Waals surface area (Å²) in [6.45, 7) is 5.58. The Morgan fingerprint density at radius 1 is 1.10 bits per heavy atom. The van der Waals surface area contributed by atoms with Crippen LogP contribution in [0.2, 0.25) is 5.02 Å². The summed E-state index contributed by atoms with van der Waals surface area (Å²) in [5.74, 6) is -0.0646. The minimum absolute atomic E-state index is 0.0646. The second-order valence-electron chi connectivity index (χ2n) is 7.08. The first-order chi connectivity index (χ1) is 15.0. The van der Waals surface area contributed by atoms with E-state index in [0.717, 1.165) is 16.8 Å². The highest BCUT2D eigenvalue weighted by Crippen LogP contribution is 2.19. The molecule has 4 aromatic rings. The van der Waals surface area contributed by atoms with E-state index >= 15 is 0 Å². The Balaban J connectivity index is 1.50. The first-order valence-electron chi connectivity index (χ1n) is 9.96. The van der Waals surface area contributed by atoms with Crippen LogP contribution >= 0.6 is 11.6 Å². The van der Waals surface area contributed by atoms with Crippen molar-refractivity contribution in [3.63, 3.8) is 0 Å². The highest BCUT2D eigenvalue weighted by Gasteiger charge is 2.20. The van der Waals surface area contributed by atoms with Crippen LogP contribution < -0.4 is 0 Å². The number of nitrogens with zero attached hydrogens (tertiary/aromatic N) is 7. The van der Waals surface area contributed by atoms with Gasteiger partial charge in [-0.15, -0.1) is 0 Å². The smallest absolute Gasteiger partial charge is 0.256 e. The second-order valence-corrected chi connectivity index (χ2v) is 7.51. The average molecular weight is 436 g/mol. The van der Waals surface area contributed by atoms with Gasteiger partial charge < -0.3 is 4.90 Å². The Hall–Kier alpha value is -3.52. The summed E-state index contributed by atoms with van der Waals surface area (Å²) in [5, 5.41) is 13.4. The number of hydrogen-bond acceptors (Lipinski definition) is 5. The normalized spacial score (nSPS) is 10.9. The molecule has 0 fully saturated rings. The third-order valence-electron chi connectivity index (χ3n) is 4.94. The molecule has 0 bridgehead atoms. The molecular formula is C22H22ClN7O. The first kappa shape index (κ1) is 20.7. The van der Waals surface area contributed by atoms with E-state index in [1.807, 2.05) is 49.0 Å². The van der Waals surface area contributed by atoms with Crippen molar-refractivity contribution in [2.75, 3.05) is 13.1 Å². The van der Waals surface area contributed by atoms with Crippen molar-refractivity contribution in [2.45, 2.75) is 20.4 Å². The van der Waals surface area contributed by atoms with Crippen molar-refractivity contribution >= 4 is 17.5 Å². The number of amides is 1. The summed E-state index contributed by atoms with van der Waals surface area (Å²) in [6.07, 6.45) is 8.48. The van der Waals surface area contributed by atoms with Crippen molar-refractivity contribution in [2.24, 2.45) is 0 Å². The van der Waals surface area contributed by atoms with Crippen LogP contribution in [0.25, 0.3) is 16.9 Å². The second kappa shape index (κ2) is 9.09. The molecule has 9 heteroatoms. The largest absolute Gasteiger partial charge is 0.337 e. The number of aromatic nitrogens is 6. The zero-order valence-electron chi connectivity index (χ0n) is 17.3. The lowest BCUT2D eigenvalue weighted by Gasteiger charge is -2.22. The molecule has 0 atom stereocenters. The fourth-order valence-electron chi connectivity index (χ4n) is 3.30. The predicted octanol–water partition coefficient (Wildman–Crippen LogP) is 3.65. The molecule has 158 valence electrons. The van der Waals surface area contributed by atoms with Crippen molar-refractivity contribution < 1.29 is 4.79 Å². The van der Waals surface area contributed by atoms with Gasteiger partial charge in [0.2, 0.25) is 0 Å². The summed E-state index contributed by atoms with van der Waals surface area (Å²) >= 11 is 5.91. The van der Waals surface area contributed by atoms with E-state index in [9.17, 15) is 4.79 Å². The zero-order chi connectivity index (χ0) is 21.8. The van der Waals surface area contributed by atoms with Gasteiger partial charge in [-0.1, -0.05) is 23.2 Å². The number of benzene rings is 1. The maximum Gasteiger partial charge on any atom is 0.256 e. The molecule has 1 aromatic carbocycles. The van der Waals surface area contributed by atoms with Crippen molar-refractivity contribution in [3.05, 3.63) is 77.5 Å². The third kappa shape index (κ3) is 4.64. The highest BCUT2D eigenvalue weighted by atomic mass is 35.5. The summed E-state index contributed by atoms with van der Waals surface area (Å²) in [5.41, 5.74) is 3.94. The molecule has 4 rings (SSSR count). The van der Waals surface area contributed by atoms with Gasteiger partial charge >= 0.3 is 0 Å². The molecular weight excluding hydrogens is 414 g/mol. The fourth-order valence-corrected chi connectivity index (χ4v) is 3.41. The predicted molar refractivity (Wildman–Crippen MR) is 118 cm³/mol. The molecule has 0 aliphatic carbocycles. The number of halogens is 1. The van der Waals surface area contributed by atoms with Crippen molar-refractivity contribution in [3.8, 4) is 16.9 Å². The zero-order valence-corrected chi connectivity index (χ0v) is 18.1. The highest BCUT2D eigenvalue weighted by molar-refractivity contribution is 6.30. The Morgan fingerprint density at radius 3 is 2.61 bits per heavy atom. The lowest BCUT2D eigenvalue weighted by molar-refractivity contribution is 0.0757. The number of rotatable bonds is 7. The van der Waals surface area contributed by atoms with E-state index in [1.165, 1.54) is 4.80 Å². The number of likely N-dealkylation sites (N-methyl/N-ethyl adjacent to an activating group) is 1. The quantitative estimate of drug-likeness (QED) is 0.442. The van der Waals surface area contributed by atoms with E-state index < -0.39 is 0 Å². The van der Waals surface area contributed by atoms with Crippen LogP contribution in [0.1, 0.15) is 22.8 Å². The standard InChI is InChI=1S/C22H22ClN7O/c1-3-28(10-11-29-15-17(13-27-29)20-6-5-18(23)14-24-20)22(31)19-12-16(2)4-7-21(19)30-25-8-9-26-30/h4-9,12-15H,3,10-11H2,1-2H3. The first-order valence-corrected chi connectivity index (χ1v) is 10.3. The van der Waals surface area contributed by atoms with Crippen LogP contribution in [0, 0.1) is 6.92 Å². The number of aryl methyl sites for hydroxylation is 1. The van der Waals surface area contributed by atoms with Gasteiger partial charge in [-0.25, -0.2) is 0 Å². The molecule has 0 unspecified atom stereocenters. The van der Waals surface area contributed by atoms with Gasteiger partial charge in [0.25, 0.3) is 5.91 Å². The maximum absolute atomic E-state index is 13.3. The molecule has 8 nitrogen and oxygen atoms in total. The SMILES string of the molecule is CCN(CCn1cc(-c2ccc(Cl)cn2)cn1)C(=O)c1cc(C)ccc1-n1nccn1. The number of carbonyl (C=O) groups is 1. The van der Waals surface area contributed by atoms with Gasteiger partial charge in [0, 0.05) is 31.0 Å². The topological polar surface area (TPSA) is 81.7 Å². The van der Waals surface area contributed by atoms with Gasteiger partial charge in [0.1, 0.15) is 0 Å². The van der Waals surface area contributed by atoms with Crippen molar-refractivity contribution in [1.82, 2.24) is 34.7 Å². The Kier molecular flexibility index (Phi) is 6.08. The van der Waals surface area contributed by atoms with Gasteiger partial charge in [-0.05, 0) is 38.1 Å². The minimum atomic E-state index is -0.0646. The molecule has 0 saturated heterocycles. The Bertz CT molecular complexity index is 1170.